The number of anilines is 1. The minimum atomic E-state index is -2.63. The molecule has 0 atom stereocenters. The fraction of sp³-hybridized carbons (Fsp3) is 0.350. The Morgan fingerprint density at radius 3 is 2.68 bits per heavy atom. The van der Waals surface area contributed by atoms with Crippen LogP contribution in [0.3, 0.4) is 0 Å². The largest absolute Gasteiger partial charge is 0.342 e. The van der Waals surface area contributed by atoms with Gasteiger partial charge in [-0.2, -0.15) is 5.26 Å². The van der Waals surface area contributed by atoms with Gasteiger partial charge >= 0.3 is 0 Å². The standard InChI is InChI=1S/C20H18F2N4OS/c21-18(22)16-10-15-17(28-16)19(27)26(12-14-7-3-2-6-13(14)11-23)20(24-15)25-8-4-1-5-9-25/h2-3,6-7,10,18H,1,4-5,8-9,12H2. The summed E-state index contributed by atoms with van der Waals surface area (Å²) in [6.45, 7) is 1.71. The first-order valence-electron chi connectivity index (χ1n) is 9.14. The number of thiophene rings is 1. The van der Waals surface area contributed by atoms with Gasteiger partial charge in [-0.05, 0) is 37.0 Å². The van der Waals surface area contributed by atoms with Gasteiger partial charge in [0.25, 0.3) is 12.0 Å². The molecule has 4 rings (SSSR count). The van der Waals surface area contributed by atoms with Crippen LogP contribution in [0.5, 0.6) is 0 Å². The van der Waals surface area contributed by atoms with Crippen LogP contribution in [0.1, 0.15) is 41.7 Å². The molecule has 1 saturated heterocycles. The lowest BCUT2D eigenvalue weighted by Crippen LogP contribution is -2.36. The molecule has 1 aromatic carbocycles. The van der Waals surface area contributed by atoms with Gasteiger partial charge in [-0.25, -0.2) is 13.8 Å². The van der Waals surface area contributed by atoms with E-state index in [2.05, 4.69) is 11.1 Å². The van der Waals surface area contributed by atoms with Crippen molar-refractivity contribution in [1.82, 2.24) is 9.55 Å². The van der Waals surface area contributed by atoms with Gasteiger partial charge in [0.2, 0.25) is 5.95 Å². The van der Waals surface area contributed by atoms with E-state index in [4.69, 9.17) is 0 Å². The molecule has 28 heavy (non-hydrogen) atoms. The van der Waals surface area contributed by atoms with Crippen LogP contribution in [-0.2, 0) is 6.54 Å². The monoisotopic (exact) mass is 400 g/mol. The number of nitrogens with zero attached hydrogens (tertiary/aromatic N) is 4. The molecule has 8 heteroatoms. The predicted octanol–water partition coefficient (Wildman–Crippen LogP) is 4.31. The molecule has 2 aromatic heterocycles. The third-order valence-electron chi connectivity index (χ3n) is 4.95. The molecule has 1 fully saturated rings. The SMILES string of the molecule is N#Cc1ccccc1Cn1c(N2CCCCC2)nc2cc(C(F)F)sc2c1=O. The number of hydrogen-bond donors (Lipinski definition) is 0. The highest BCUT2D eigenvalue weighted by molar-refractivity contribution is 7.19. The highest BCUT2D eigenvalue weighted by atomic mass is 32.1. The number of rotatable bonds is 4. The third kappa shape index (κ3) is 3.38. The number of fused-ring (bicyclic) bond motifs is 1. The number of aromatic nitrogens is 2. The Kier molecular flexibility index (Phi) is 5.09. The Balaban J connectivity index is 1.89. The fourth-order valence-electron chi connectivity index (χ4n) is 3.54. The first-order chi connectivity index (χ1) is 13.6. The van der Waals surface area contributed by atoms with Crippen molar-refractivity contribution in [2.75, 3.05) is 18.0 Å². The molecule has 0 N–H and O–H groups in total. The van der Waals surface area contributed by atoms with E-state index in [1.165, 1.54) is 10.6 Å². The summed E-state index contributed by atoms with van der Waals surface area (Å²) < 4.78 is 28.1. The van der Waals surface area contributed by atoms with Crippen LogP contribution < -0.4 is 10.5 Å². The summed E-state index contributed by atoms with van der Waals surface area (Å²) in [6, 6.07) is 10.5. The van der Waals surface area contributed by atoms with Crippen LogP contribution in [0, 0.1) is 11.3 Å². The van der Waals surface area contributed by atoms with Gasteiger partial charge in [-0.3, -0.25) is 9.36 Å². The van der Waals surface area contributed by atoms with Gasteiger partial charge in [-0.15, -0.1) is 11.3 Å². The number of halogens is 2. The molecule has 0 amide bonds. The van der Waals surface area contributed by atoms with E-state index in [9.17, 15) is 18.8 Å². The zero-order chi connectivity index (χ0) is 19.7. The van der Waals surface area contributed by atoms with E-state index in [1.54, 1.807) is 18.2 Å². The lowest BCUT2D eigenvalue weighted by molar-refractivity contribution is 0.156. The molecule has 3 aromatic rings. The minimum absolute atomic E-state index is 0.153. The van der Waals surface area contributed by atoms with Gasteiger partial charge in [-0.1, -0.05) is 18.2 Å². The Bertz CT molecular complexity index is 1110. The summed E-state index contributed by atoms with van der Waals surface area (Å²) in [4.78, 5) is 19.7. The summed E-state index contributed by atoms with van der Waals surface area (Å²) >= 11 is 0.793. The van der Waals surface area contributed by atoms with Crippen LogP contribution >= 0.6 is 11.3 Å². The maximum Gasteiger partial charge on any atom is 0.273 e. The zero-order valence-electron chi connectivity index (χ0n) is 15.1. The van der Waals surface area contributed by atoms with Crippen molar-refractivity contribution in [1.29, 1.82) is 5.26 Å². The summed E-state index contributed by atoms with van der Waals surface area (Å²) in [5, 5.41) is 9.38. The van der Waals surface area contributed by atoms with Crippen molar-refractivity contribution in [3.8, 4) is 6.07 Å². The molecule has 0 spiro atoms. The molecule has 0 bridgehead atoms. The second-order valence-electron chi connectivity index (χ2n) is 6.78. The van der Waals surface area contributed by atoms with Crippen molar-refractivity contribution >= 4 is 27.5 Å². The van der Waals surface area contributed by atoms with E-state index in [0.717, 1.165) is 43.7 Å². The Hall–Kier alpha value is -2.79. The van der Waals surface area contributed by atoms with Gasteiger partial charge in [0.05, 0.1) is 28.6 Å². The van der Waals surface area contributed by atoms with E-state index in [0.29, 0.717) is 22.6 Å². The third-order valence-corrected chi connectivity index (χ3v) is 6.07. The molecule has 5 nitrogen and oxygen atoms in total. The molecule has 0 aliphatic carbocycles. The van der Waals surface area contributed by atoms with Crippen molar-refractivity contribution in [3.63, 3.8) is 0 Å². The maximum absolute atomic E-state index is 13.2. The molecule has 0 unspecified atom stereocenters. The molecular weight excluding hydrogens is 382 g/mol. The molecule has 3 heterocycles. The van der Waals surface area contributed by atoms with Crippen molar-refractivity contribution in [2.45, 2.75) is 32.2 Å². The summed E-state index contributed by atoms with van der Waals surface area (Å²) in [6.07, 6.45) is 0.474. The highest BCUT2D eigenvalue weighted by Gasteiger charge is 2.22. The normalized spacial score (nSPS) is 14.6. The quantitative estimate of drug-likeness (QED) is 0.655. The molecule has 0 radical (unpaired) electrons. The van der Waals surface area contributed by atoms with Crippen LogP contribution in [-0.4, -0.2) is 22.6 Å². The van der Waals surface area contributed by atoms with Gasteiger partial charge in [0, 0.05) is 13.1 Å². The fourth-order valence-corrected chi connectivity index (χ4v) is 4.44. The number of nitriles is 1. The van der Waals surface area contributed by atoms with E-state index >= 15 is 0 Å². The second-order valence-corrected chi connectivity index (χ2v) is 7.87. The molecule has 144 valence electrons. The Morgan fingerprint density at radius 1 is 1.21 bits per heavy atom. The number of benzene rings is 1. The second kappa shape index (κ2) is 7.68. The lowest BCUT2D eigenvalue weighted by Gasteiger charge is -2.29. The Morgan fingerprint density at radius 2 is 1.96 bits per heavy atom. The van der Waals surface area contributed by atoms with E-state index in [-0.39, 0.29) is 21.7 Å². The first kappa shape index (κ1) is 18.6. The van der Waals surface area contributed by atoms with Crippen LogP contribution in [0.2, 0.25) is 0 Å². The molecular formula is C20H18F2N4OS. The topological polar surface area (TPSA) is 61.9 Å². The smallest absolute Gasteiger partial charge is 0.273 e. The predicted molar refractivity (Wildman–Crippen MR) is 105 cm³/mol. The lowest BCUT2D eigenvalue weighted by atomic mass is 10.1. The van der Waals surface area contributed by atoms with E-state index in [1.807, 2.05) is 11.0 Å². The van der Waals surface area contributed by atoms with Crippen LogP contribution in [0.15, 0.2) is 35.1 Å². The zero-order valence-corrected chi connectivity index (χ0v) is 15.9. The van der Waals surface area contributed by atoms with Gasteiger partial charge < -0.3 is 4.90 Å². The summed E-state index contributed by atoms with van der Waals surface area (Å²) in [5.74, 6) is 0.489. The van der Waals surface area contributed by atoms with Crippen LogP contribution in [0.4, 0.5) is 14.7 Å². The summed E-state index contributed by atoms with van der Waals surface area (Å²) in [7, 11) is 0. The summed E-state index contributed by atoms with van der Waals surface area (Å²) in [5.41, 5.74) is 1.17. The highest BCUT2D eigenvalue weighted by Crippen LogP contribution is 2.31. The molecule has 1 aliphatic rings. The number of alkyl halides is 2. The molecule has 0 saturated carbocycles. The van der Waals surface area contributed by atoms with Gasteiger partial charge in [0.1, 0.15) is 4.70 Å². The number of piperidine rings is 1. The Labute approximate surface area is 164 Å². The van der Waals surface area contributed by atoms with E-state index < -0.39 is 6.43 Å². The maximum atomic E-state index is 13.2. The van der Waals surface area contributed by atoms with Crippen molar-refractivity contribution in [3.05, 3.63) is 56.7 Å². The average molecular weight is 400 g/mol. The average Bonchev–Trinajstić information content (AvgIpc) is 3.16. The molecule has 1 aliphatic heterocycles. The van der Waals surface area contributed by atoms with Gasteiger partial charge in [0.15, 0.2) is 0 Å². The first-order valence-corrected chi connectivity index (χ1v) is 9.95. The van der Waals surface area contributed by atoms with Crippen molar-refractivity contribution in [2.24, 2.45) is 0 Å². The van der Waals surface area contributed by atoms with Crippen molar-refractivity contribution < 1.29 is 8.78 Å². The van der Waals surface area contributed by atoms with Crippen LogP contribution in [0.25, 0.3) is 10.2 Å². The minimum Gasteiger partial charge on any atom is -0.342 e. The number of hydrogen-bond acceptors (Lipinski definition) is 5.